The first-order valence-corrected chi connectivity index (χ1v) is 46.2. The molecule has 626 valence electrons. The predicted molar refractivity (Wildman–Crippen MR) is 569 cm³/mol. The van der Waals surface area contributed by atoms with Crippen molar-refractivity contribution < 1.29 is 0 Å². The normalized spacial score (nSPS) is 11.6. The van der Waals surface area contributed by atoms with Crippen LogP contribution >= 0.6 is 0 Å². The highest BCUT2D eigenvalue weighted by Gasteiger charge is 2.27. The number of benzene rings is 23. The second kappa shape index (κ2) is 33.4. The lowest BCUT2D eigenvalue weighted by Crippen LogP contribution is -2.12. The molecule has 23 aromatic carbocycles. The Kier molecular flexibility index (Phi) is 19.6. The summed E-state index contributed by atoms with van der Waals surface area (Å²) in [7, 11) is 0. The van der Waals surface area contributed by atoms with Gasteiger partial charge in [-0.2, -0.15) is 0 Å². The van der Waals surface area contributed by atoms with Gasteiger partial charge in [-0.25, -0.2) is 0 Å². The van der Waals surface area contributed by atoms with Crippen molar-refractivity contribution in [2.24, 2.45) is 0 Å². The summed E-state index contributed by atoms with van der Waals surface area (Å²) in [5.41, 5.74) is 36.1. The minimum absolute atomic E-state index is 1.03. The van der Waals surface area contributed by atoms with Gasteiger partial charge in [0, 0.05) is 66.7 Å². The van der Waals surface area contributed by atoms with E-state index in [0.29, 0.717) is 0 Å². The van der Waals surface area contributed by atoms with Crippen LogP contribution in [-0.2, 0) is 0 Å². The minimum Gasteiger partial charge on any atom is -0.310 e. The number of fused-ring (bicyclic) bond motifs is 11. The molecule has 0 saturated carbocycles. The largest absolute Gasteiger partial charge is 0.310 e. The average Bonchev–Trinajstić information content (AvgIpc) is 1.55. The topological polar surface area (TPSA) is 16.3 Å². The first kappa shape index (κ1) is 78.5. The maximum Gasteiger partial charge on any atom is 0.0547 e. The van der Waals surface area contributed by atoms with Crippen molar-refractivity contribution >= 4 is 121 Å². The van der Waals surface area contributed by atoms with Gasteiger partial charge < -0.3 is 18.9 Å². The maximum absolute atomic E-state index is 2.49. The van der Waals surface area contributed by atoms with E-state index in [1.165, 1.54) is 92.7 Å². The molecule has 0 radical (unpaired) electrons. The molecule has 0 unspecified atom stereocenters. The summed E-state index contributed by atoms with van der Waals surface area (Å²) in [6.45, 7) is 0. The second-order valence-corrected chi connectivity index (χ2v) is 35.0. The molecule has 0 aliphatic carbocycles. The zero-order chi connectivity index (χ0) is 88.5. The summed E-state index contributed by atoms with van der Waals surface area (Å²) in [6, 6.07) is 193. The predicted octanol–water partition coefficient (Wildman–Crippen LogP) is 36.1. The van der Waals surface area contributed by atoms with E-state index in [0.717, 1.165) is 151 Å². The first-order chi connectivity index (χ1) is 66.5. The molecule has 0 aliphatic rings. The van der Waals surface area contributed by atoms with Crippen LogP contribution in [0.15, 0.2) is 522 Å². The van der Waals surface area contributed by atoms with E-state index in [4.69, 9.17) is 0 Å². The Hall–Kier alpha value is -17.7. The van der Waals surface area contributed by atoms with Crippen LogP contribution in [-0.4, -0.2) is 9.13 Å². The van der Waals surface area contributed by atoms with Crippen molar-refractivity contribution in [3.63, 3.8) is 0 Å². The molecule has 4 heteroatoms. The second-order valence-electron chi connectivity index (χ2n) is 35.0. The Morgan fingerprint density at radius 3 is 1.22 bits per heavy atom. The van der Waals surface area contributed by atoms with Crippen LogP contribution in [0.2, 0.25) is 0 Å². The van der Waals surface area contributed by atoms with Crippen LogP contribution in [0.4, 0.5) is 34.1 Å². The van der Waals surface area contributed by atoms with Crippen LogP contribution in [0, 0.1) is 0 Å². The zero-order valence-electron chi connectivity index (χ0n) is 73.4. The van der Waals surface area contributed by atoms with E-state index in [2.05, 4.69) is 541 Å². The lowest BCUT2D eigenvalue weighted by Gasteiger charge is -2.30. The van der Waals surface area contributed by atoms with Gasteiger partial charge in [0.15, 0.2) is 0 Å². The van der Waals surface area contributed by atoms with Gasteiger partial charge in [0.2, 0.25) is 0 Å². The van der Waals surface area contributed by atoms with Crippen LogP contribution < -0.4 is 9.80 Å². The Morgan fingerprint density at radius 1 is 0.134 bits per heavy atom. The third kappa shape index (κ3) is 14.0. The standard InChI is InChI=1S/C130H86N4/c1-6-31-87(32-7-1)90-61-67-103(68-62-90)131(106-71-75-111(119(85-106)92-38-12-4-13-39-92)100-60-59-89-35-16-17-42-95(89)79-100)104-69-63-94(64-70-104)112-48-20-24-55-123(112)133-126-58-27-23-51-118(126)130-117-54-30-52-108(115(117)76-78-128(130)133)101-65-73-110-99(80-101)46-29-53-114(110)121-86-107(72-74-109(121)91-36-10-3-11-37-91)132(105-47-28-45-96(81-105)88-33-8-2-9-34-88)127-77-66-102(83-120(127)93-40-14-5-15-41-93)113-49-21-25-56-124(113)134-125-57-26-22-50-116(125)122-82-97-43-18-19-44-98(97)84-129(122)134/h1-86H. The number of para-hydroxylation sites is 4. The van der Waals surface area contributed by atoms with Gasteiger partial charge in [0.05, 0.1) is 39.1 Å². The molecule has 0 N–H and O–H groups in total. The van der Waals surface area contributed by atoms with E-state index < -0.39 is 0 Å². The van der Waals surface area contributed by atoms with Crippen molar-refractivity contribution in [3.8, 4) is 123 Å². The monoisotopic (exact) mass is 1700 g/mol. The summed E-state index contributed by atoms with van der Waals surface area (Å²) in [5, 5.41) is 14.5. The number of rotatable bonds is 18. The number of anilines is 6. The molecular formula is C130H86N4. The van der Waals surface area contributed by atoms with E-state index >= 15 is 0 Å². The van der Waals surface area contributed by atoms with Crippen molar-refractivity contribution in [1.82, 2.24) is 9.13 Å². The van der Waals surface area contributed by atoms with E-state index in [1.54, 1.807) is 0 Å². The summed E-state index contributed by atoms with van der Waals surface area (Å²) in [4.78, 5) is 4.90. The van der Waals surface area contributed by atoms with Crippen molar-refractivity contribution in [2.75, 3.05) is 9.80 Å². The Bertz CT molecular complexity index is 8840. The fraction of sp³-hybridized carbons (Fsp3) is 0. The molecule has 4 nitrogen and oxygen atoms in total. The third-order valence-corrected chi connectivity index (χ3v) is 27.3. The number of nitrogens with zero attached hydrogens (tertiary/aromatic N) is 4. The highest BCUT2D eigenvalue weighted by molar-refractivity contribution is 6.24. The molecule has 0 fully saturated rings. The molecule has 0 spiro atoms. The molecule has 25 aromatic rings. The zero-order valence-corrected chi connectivity index (χ0v) is 73.4. The molecule has 0 saturated heterocycles. The van der Waals surface area contributed by atoms with Gasteiger partial charge in [-0.1, -0.05) is 394 Å². The average molecular weight is 1700 g/mol. The van der Waals surface area contributed by atoms with Crippen molar-refractivity contribution in [2.45, 2.75) is 0 Å². The lowest BCUT2D eigenvalue weighted by molar-refractivity contribution is 1.18. The van der Waals surface area contributed by atoms with Crippen LogP contribution in [0.25, 0.3) is 209 Å². The van der Waals surface area contributed by atoms with Crippen molar-refractivity contribution in [1.29, 1.82) is 0 Å². The van der Waals surface area contributed by atoms with E-state index in [-0.39, 0.29) is 0 Å². The Balaban J connectivity index is 0.593. The van der Waals surface area contributed by atoms with Crippen LogP contribution in [0.1, 0.15) is 0 Å². The van der Waals surface area contributed by atoms with Gasteiger partial charge in [0.25, 0.3) is 0 Å². The minimum atomic E-state index is 1.03. The maximum atomic E-state index is 2.49. The Morgan fingerprint density at radius 2 is 0.537 bits per heavy atom. The number of aromatic nitrogens is 2. The van der Waals surface area contributed by atoms with Gasteiger partial charge in [0.1, 0.15) is 0 Å². The third-order valence-electron chi connectivity index (χ3n) is 27.3. The smallest absolute Gasteiger partial charge is 0.0547 e. The van der Waals surface area contributed by atoms with Crippen LogP contribution in [0.3, 0.4) is 0 Å². The molecule has 134 heavy (non-hydrogen) atoms. The fourth-order valence-electron chi connectivity index (χ4n) is 21.0. The van der Waals surface area contributed by atoms with Gasteiger partial charge in [-0.05, 0) is 265 Å². The molecule has 2 aromatic heterocycles. The summed E-state index contributed by atoms with van der Waals surface area (Å²) in [5.74, 6) is 0. The van der Waals surface area contributed by atoms with Gasteiger partial charge in [-0.3, -0.25) is 0 Å². The number of hydrogen-bond donors (Lipinski definition) is 0. The summed E-state index contributed by atoms with van der Waals surface area (Å²) < 4.78 is 4.97. The number of hydrogen-bond acceptors (Lipinski definition) is 2. The van der Waals surface area contributed by atoms with E-state index in [9.17, 15) is 0 Å². The Labute approximate surface area is 778 Å². The molecule has 0 bridgehead atoms. The first-order valence-electron chi connectivity index (χ1n) is 46.2. The van der Waals surface area contributed by atoms with Gasteiger partial charge >= 0.3 is 0 Å². The molecule has 0 atom stereocenters. The highest BCUT2D eigenvalue weighted by atomic mass is 15.2. The molecule has 0 aliphatic heterocycles. The fourth-order valence-corrected chi connectivity index (χ4v) is 21.0. The highest BCUT2D eigenvalue weighted by Crippen LogP contribution is 2.51. The lowest BCUT2D eigenvalue weighted by atomic mass is 9.89. The van der Waals surface area contributed by atoms with Crippen molar-refractivity contribution in [3.05, 3.63) is 522 Å². The van der Waals surface area contributed by atoms with Crippen LogP contribution in [0.5, 0.6) is 0 Å². The molecule has 2 heterocycles. The molecular weight excluding hydrogens is 1620 g/mol. The SMILES string of the molecule is c1ccc(-c2ccc(N(c3ccc(-c4ccccc4-n4c5ccccc5c5c6cccc(-c7ccc8c(-c9cc(N(c%10cccc(-c%11ccccc%11)c%10)c%10ccc(-c%11ccccc%11-n%11c%12ccccc%12c%12cc%13ccccc%13cc%12%11)cc%10-c%10ccccc%10)ccc9-c9ccccc9)cccc8c7)c6ccc54)cc3)c3ccc(-c4ccc5ccccc5c4)c(-c4ccccc4)c3)cc2)cc1. The molecule has 0 amide bonds. The molecule has 25 rings (SSSR count). The van der Waals surface area contributed by atoms with E-state index in [1.807, 2.05) is 0 Å². The summed E-state index contributed by atoms with van der Waals surface area (Å²) >= 11 is 0. The quantitative estimate of drug-likeness (QED) is 0.0851. The van der Waals surface area contributed by atoms with Gasteiger partial charge in [-0.15, -0.1) is 0 Å². The summed E-state index contributed by atoms with van der Waals surface area (Å²) in [6.07, 6.45) is 0.